The molecule has 0 spiro atoms. The fraction of sp³-hybridized carbons (Fsp3) is 0.800. The highest BCUT2D eigenvalue weighted by Crippen LogP contribution is 2.20. The van der Waals surface area contributed by atoms with Gasteiger partial charge in [-0.25, -0.2) is 0 Å². The van der Waals surface area contributed by atoms with Gasteiger partial charge in [0.2, 0.25) is 0 Å². The maximum Gasteiger partial charge on any atom is 0.149 e. The standard InChI is InChI=1S/C10H20INO2/c1-9(2,6-5-7-12)13-8-14-10(3,4)11/h5,7H,6,8,12H2,1-4H3/b7-5+. The molecule has 4 heteroatoms. The molecule has 0 aliphatic heterocycles. The van der Waals surface area contributed by atoms with E-state index in [1.54, 1.807) is 0 Å². The van der Waals surface area contributed by atoms with Crippen LogP contribution in [0.1, 0.15) is 34.1 Å². The van der Waals surface area contributed by atoms with E-state index in [-0.39, 0.29) is 9.21 Å². The van der Waals surface area contributed by atoms with Crippen molar-refractivity contribution in [3.63, 3.8) is 0 Å². The minimum Gasteiger partial charge on any atom is -0.405 e. The van der Waals surface area contributed by atoms with Gasteiger partial charge in [-0.3, -0.25) is 0 Å². The Morgan fingerprint density at radius 1 is 1.21 bits per heavy atom. The minimum atomic E-state index is -0.224. The highest BCUT2D eigenvalue weighted by Gasteiger charge is 2.19. The lowest BCUT2D eigenvalue weighted by atomic mass is 10.1. The van der Waals surface area contributed by atoms with Crippen molar-refractivity contribution in [2.45, 2.75) is 43.3 Å². The van der Waals surface area contributed by atoms with E-state index >= 15 is 0 Å². The molecule has 0 unspecified atom stereocenters. The summed E-state index contributed by atoms with van der Waals surface area (Å²) in [6.45, 7) is 8.31. The Kier molecular flexibility index (Phi) is 6.00. The maximum absolute atomic E-state index is 5.57. The molecule has 0 radical (unpaired) electrons. The highest BCUT2D eigenvalue weighted by molar-refractivity contribution is 14.1. The first-order valence-corrected chi connectivity index (χ1v) is 5.68. The molecule has 3 nitrogen and oxygen atoms in total. The van der Waals surface area contributed by atoms with Crippen molar-refractivity contribution in [1.29, 1.82) is 0 Å². The van der Waals surface area contributed by atoms with Gasteiger partial charge in [0.25, 0.3) is 0 Å². The summed E-state index contributed by atoms with van der Waals surface area (Å²) in [6.07, 6.45) is 4.21. The Balaban J connectivity index is 3.76. The molecular formula is C10H20INO2. The van der Waals surface area contributed by atoms with Crippen LogP contribution in [0.15, 0.2) is 12.3 Å². The summed E-state index contributed by atoms with van der Waals surface area (Å²) in [6, 6.07) is 0. The number of hydrogen-bond donors (Lipinski definition) is 1. The van der Waals surface area contributed by atoms with Crippen LogP contribution >= 0.6 is 22.6 Å². The minimum absolute atomic E-state index is 0.183. The third-order valence-electron chi connectivity index (χ3n) is 1.60. The highest BCUT2D eigenvalue weighted by atomic mass is 127. The molecule has 0 aromatic rings. The molecule has 0 amide bonds. The summed E-state index contributed by atoms with van der Waals surface area (Å²) >= 11 is 2.22. The predicted molar refractivity (Wildman–Crippen MR) is 67.2 cm³/mol. The zero-order chi connectivity index (χ0) is 11.2. The van der Waals surface area contributed by atoms with E-state index in [1.165, 1.54) is 6.20 Å². The molecule has 0 heterocycles. The number of hydrogen-bond acceptors (Lipinski definition) is 3. The lowest BCUT2D eigenvalue weighted by Crippen LogP contribution is -2.27. The largest absolute Gasteiger partial charge is 0.405 e. The first kappa shape index (κ1) is 14.2. The summed E-state index contributed by atoms with van der Waals surface area (Å²) in [5.41, 5.74) is 5.04. The smallest absolute Gasteiger partial charge is 0.149 e. The van der Waals surface area contributed by atoms with Crippen molar-refractivity contribution in [3.8, 4) is 0 Å². The number of ether oxygens (including phenoxy) is 2. The number of rotatable bonds is 6. The van der Waals surface area contributed by atoms with Gasteiger partial charge >= 0.3 is 0 Å². The van der Waals surface area contributed by atoms with Crippen molar-refractivity contribution < 1.29 is 9.47 Å². The van der Waals surface area contributed by atoms with E-state index in [4.69, 9.17) is 15.2 Å². The van der Waals surface area contributed by atoms with E-state index in [1.807, 2.05) is 33.8 Å². The molecule has 0 atom stereocenters. The molecule has 0 aromatic carbocycles. The Hall–Kier alpha value is 0.190. The Morgan fingerprint density at radius 3 is 2.21 bits per heavy atom. The van der Waals surface area contributed by atoms with Gasteiger partial charge in [0.1, 0.15) is 10.4 Å². The summed E-state index contributed by atoms with van der Waals surface area (Å²) < 4.78 is 10.8. The van der Waals surface area contributed by atoms with Crippen LogP contribution in [0.5, 0.6) is 0 Å². The van der Waals surface area contributed by atoms with Crippen LogP contribution in [0.3, 0.4) is 0 Å². The molecule has 0 saturated carbocycles. The van der Waals surface area contributed by atoms with E-state index in [0.29, 0.717) is 6.79 Å². The molecule has 2 N–H and O–H groups in total. The van der Waals surface area contributed by atoms with Crippen molar-refractivity contribution in [2.24, 2.45) is 5.73 Å². The monoisotopic (exact) mass is 313 g/mol. The van der Waals surface area contributed by atoms with Gasteiger partial charge in [-0.1, -0.05) is 6.08 Å². The van der Waals surface area contributed by atoms with Crippen molar-refractivity contribution in [1.82, 2.24) is 0 Å². The van der Waals surface area contributed by atoms with Gasteiger partial charge in [-0.15, -0.1) is 0 Å². The lowest BCUT2D eigenvalue weighted by Gasteiger charge is -2.26. The van der Waals surface area contributed by atoms with Crippen LogP contribution in [-0.2, 0) is 9.47 Å². The third-order valence-corrected chi connectivity index (χ3v) is 1.91. The van der Waals surface area contributed by atoms with Gasteiger partial charge in [0, 0.05) is 0 Å². The average molecular weight is 313 g/mol. The van der Waals surface area contributed by atoms with Crippen LogP contribution in [0.4, 0.5) is 0 Å². The van der Waals surface area contributed by atoms with Gasteiger partial charge in [-0.2, -0.15) is 0 Å². The second-order valence-electron chi connectivity index (χ2n) is 4.16. The van der Waals surface area contributed by atoms with Crippen molar-refractivity contribution in [3.05, 3.63) is 12.3 Å². The number of alkyl halides is 1. The van der Waals surface area contributed by atoms with Gasteiger partial charge in [-0.05, 0) is 62.9 Å². The lowest BCUT2D eigenvalue weighted by molar-refractivity contribution is -0.145. The van der Waals surface area contributed by atoms with Crippen LogP contribution in [-0.4, -0.2) is 16.0 Å². The van der Waals surface area contributed by atoms with E-state index in [0.717, 1.165) is 6.42 Å². The molecular weight excluding hydrogens is 293 g/mol. The summed E-state index contributed by atoms with van der Waals surface area (Å²) in [5.74, 6) is 0. The Bertz CT molecular complexity index is 185. The topological polar surface area (TPSA) is 44.5 Å². The normalized spacial score (nSPS) is 13.8. The molecule has 0 fully saturated rings. The van der Waals surface area contributed by atoms with E-state index in [2.05, 4.69) is 22.6 Å². The summed E-state index contributed by atoms with van der Waals surface area (Å²) in [7, 11) is 0. The summed E-state index contributed by atoms with van der Waals surface area (Å²) in [5, 5.41) is 0. The third kappa shape index (κ3) is 8.77. The average Bonchev–Trinajstić information content (AvgIpc) is 1.98. The SMILES string of the molecule is CC(C)(I)OCOC(C)(C)C/C=C/N. The Labute approximate surface area is 100 Å². The molecule has 0 rings (SSSR count). The van der Waals surface area contributed by atoms with Crippen LogP contribution in [0, 0.1) is 0 Å². The molecule has 0 bridgehead atoms. The predicted octanol–water partition coefficient (Wildman–Crippen LogP) is 2.79. The quantitative estimate of drug-likeness (QED) is 0.466. The van der Waals surface area contributed by atoms with Crippen molar-refractivity contribution in [2.75, 3.05) is 6.79 Å². The molecule has 84 valence electrons. The van der Waals surface area contributed by atoms with Crippen LogP contribution in [0.25, 0.3) is 0 Å². The molecule has 0 saturated heterocycles. The van der Waals surface area contributed by atoms with Gasteiger partial charge < -0.3 is 15.2 Å². The van der Waals surface area contributed by atoms with Crippen LogP contribution < -0.4 is 5.73 Å². The second kappa shape index (κ2) is 5.92. The fourth-order valence-corrected chi connectivity index (χ4v) is 0.867. The number of nitrogens with two attached hydrogens (primary N) is 1. The van der Waals surface area contributed by atoms with E-state index in [9.17, 15) is 0 Å². The van der Waals surface area contributed by atoms with E-state index < -0.39 is 0 Å². The van der Waals surface area contributed by atoms with Gasteiger partial charge in [0.05, 0.1) is 5.60 Å². The fourth-order valence-electron chi connectivity index (χ4n) is 0.740. The van der Waals surface area contributed by atoms with Crippen molar-refractivity contribution >= 4 is 22.6 Å². The first-order valence-electron chi connectivity index (χ1n) is 4.60. The summed E-state index contributed by atoms with van der Waals surface area (Å²) in [4.78, 5) is 0. The molecule has 14 heavy (non-hydrogen) atoms. The zero-order valence-electron chi connectivity index (χ0n) is 9.34. The first-order chi connectivity index (χ1) is 6.27. The van der Waals surface area contributed by atoms with Gasteiger partial charge in [0.15, 0.2) is 0 Å². The molecule has 0 aliphatic carbocycles. The molecule has 0 aromatic heterocycles. The maximum atomic E-state index is 5.57. The van der Waals surface area contributed by atoms with Crippen LogP contribution in [0.2, 0.25) is 0 Å². The zero-order valence-corrected chi connectivity index (χ0v) is 11.5. The Morgan fingerprint density at radius 2 is 1.79 bits per heavy atom. The second-order valence-corrected chi connectivity index (χ2v) is 6.76. The number of halogens is 1. The molecule has 0 aliphatic rings.